The molecule has 0 unspecified atom stereocenters. The molecule has 312 valence electrons. The smallest absolute Gasteiger partial charge is 0.417 e. The molecular formula is C42H34F6N10O3. The molecule has 0 radical (unpaired) electrons. The van der Waals surface area contributed by atoms with E-state index in [1.165, 1.54) is 76.9 Å². The third-order valence-corrected chi connectivity index (χ3v) is 8.82. The SMILES string of the molecule is Cc1cccc(N)n1.Cc1cccc(NC(=O)c2c(C)nn3ccc(-c4ccccc4C(F)(F)F)nc23)n1.Cc1nn2ccc(-c3ccccc3C(F)(F)F)nc2c1C(=O)O. The van der Waals surface area contributed by atoms with Gasteiger partial charge in [-0.3, -0.25) is 4.79 Å². The van der Waals surface area contributed by atoms with Gasteiger partial charge in [-0.25, -0.2) is 33.8 Å². The summed E-state index contributed by atoms with van der Waals surface area (Å²) in [5.41, 5.74) is 6.20. The number of aromatic carboxylic acids is 1. The first-order valence-corrected chi connectivity index (χ1v) is 18.0. The molecule has 8 aromatic rings. The van der Waals surface area contributed by atoms with E-state index in [4.69, 9.17) is 5.73 Å². The highest BCUT2D eigenvalue weighted by Crippen LogP contribution is 2.38. The van der Waals surface area contributed by atoms with E-state index in [2.05, 4.69) is 35.5 Å². The molecule has 0 saturated carbocycles. The molecule has 13 nitrogen and oxygen atoms in total. The lowest BCUT2D eigenvalue weighted by Gasteiger charge is -2.12. The van der Waals surface area contributed by atoms with Crippen LogP contribution in [0.1, 0.15) is 54.6 Å². The average Bonchev–Trinajstić information content (AvgIpc) is 3.71. The number of hydrogen-bond donors (Lipinski definition) is 3. The fourth-order valence-corrected chi connectivity index (χ4v) is 6.16. The summed E-state index contributed by atoms with van der Waals surface area (Å²) in [4.78, 5) is 40.8. The Balaban J connectivity index is 0.000000177. The average molecular weight is 841 g/mol. The number of carbonyl (C=O) groups excluding carboxylic acids is 1. The number of carboxylic acids is 1. The first-order chi connectivity index (χ1) is 28.8. The van der Waals surface area contributed by atoms with Gasteiger partial charge < -0.3 is 16.2 Å². The number of rotatable bonds is 5. The minimum Gasteiger partial charge on any atom is -0.477 e. The highest BCUT2D eigenvalue weighted by Gasteiger charge is 2.35. The molecule has 0 aliphatic heterocycles. The number of nitrogens with two attached hydrogens (primary N) is 1. The van der Waals surface area contributed by atoms with E-state index in [0.717, 1.165) is 23.5 Å². The zero-order valence-corrected chi connectivity index (χ0v) is 32.6. The van der Waals surface area contributed by atoms with E-state index in [-0.39, 0.29) is 50.6 Å². The molecule has 2 aromatic carbocycles. The topological polar surface area (TPSA) is 179 Å². The normalized spacial score (nSPS) is 11.4. The van der Waals surface area contributed by atoms with Crippen LogP contribution in [-0.2, 0) is 12.4 Å². The van der Waals surface area contributed by atoms with Crippen molar-refractivity contribution in [3.05, 3.63) is 154 Å². The molecule has 4 N–H and O–H groups in total. The Kier molecular flexibility index (Phi) is 12.1. The predicted octanol–water partition coefficient (Wildman–Crippen LogP) is 9.07. The first-order valence-electron chi connectivity index (χ1n) is 18.0. The summed E-state index contributed by atoms with van der Waals surface area (Å²) in [6.45, 7) is 6.84. The van der Waals surface area contributed by atoms with Crippen LogP contribution in [0, 0.1) is 27.7 Å². The van der Waals surface area contributed by atoms with E-state index >= 15 is 0 Å². The molecule has 6 heterocycles. The maximum Gasteiger partial charge on any atom is 0.417 e. The Morgan fingerprint density at radius 2 is 1.05 bits per heavy atom. The van der Waals surface area contributed by atoms with Crippen LogP contribution >= 0.6 is 0 Å². The molecule has 0 saturated heterocycles. The number of hydrogen-bond acceptors (Lipinski definition) is 9. The number of fused-ring (bicyclic) bond motifs is 2. The van der Waals surface area contributed by atoms with Gasteiger partial charge in [-0.2, -0.15) is 36.5 Å². The molecule has 0 aliphatic carbocycles. The van der Waals surface area contributed by atoms with Gasteiger partial charge >= 0.3 is 18.3 Å². The van der Waals surface area contributed by atoms with Gasteiger partial charge in [0.05, 0.1) is 33.9 Å². The number of benzene rings is 2. The number of carboxylic acid groups (broad SMARTS) is 1. The number of aryl methyl sites for hydroxylation is 4. The monoisotopic (exact) mass is 840 g/mol. The van der Waals surface area contributed by atoms with Crippen LogP contribution in [-0.4, -0.2) is 56.1 Å². The van der Waals surface area contributed by atoms with Gasteiger partial charge in [0.1, 0.15) is 22.8 Å². The van der Waals surface area contributed by atoms with Crippen LogP contribution in [0.15, 0.2) is 109 Å². The lowest BCUT2D eigenvalue weighted by atomic mass is 10.0. The quantitative estimate of drug-likeness (QED) is 0.142. The van der Waals surface area contributed by atoms with E-state index in [1.807, 2.05) is 19.1 Å². The van der Waals surface area contributed by atoms with Crippen molar-refractivity contribution in [3.63, 3.8) is 0 Å². The number of halogens is 6. The number of amides is 1. The molecule has 0 spiro atoms. The zero-order chi connectivity index (χ0) is 44.2. The molecule has 6 aromatic heterocycles. The third kappa shape index (κ3) is 9.78. The molecule has 1 amide bonds. The minimum absolute atomic E-state index is 0.00415. The highest BCUT2D eigenvalue weighted by molar-refractivity contribution is 6.09. The predicted molar refractivity (Wildman–Crippen MR) is 214 cm³/mol. The summed E-state index contributed by atoms with van der Waals surface area (Å²) in [5.74, 6) is -0.775. The van der Waals surface area contributed by atoms with Gasteiger partial charge in [0.15, 0.2) is 11.3 Å². The van der Waals surface area contributed by atoms with Crippen molar-refractivity contribution in [2.24, 2.45) is 0 Å². The second kappa shape index (κ2) is 17.3. The number of pyridine rings is 2. The Hall–Kier alpha value is -7.70. The highest BCUT2D eigenvalue weighted by atomic mass is 19.4. The number of aromatic nitrogens is 8. The van der Waals surface area contributed by atoms with Crippen molar-refractivity contribution in [1.29, 1.82) is 0 Å². The van der Waals surface area contributed by atoms with Crippen LogP contribution in [0.3, 0.4) is 0 Å². The summed E-state index contributed by atoms with van der Waals surface area (Å²) in [7, 11) is 0. The van der Waals surface area contributed by atoms with Crippen LogP contribution in [0.25, 0.3) is 33.8 Å². The van der Waals surface area contributed by atoms with Crippen molar-refractivity contribution < 1.29 is 41.0 Å². The first kappa shape index (κ1) is 42.9. The number of nitrogens with one attached hydrogen (secondary N) is 1. The van der Waals surface area contributed by atoms with E-state index in [1.54, 1.807) is 38.1 Å². The number of carbonyl (C=O) groups is 2. The third-order valence-electron chi connectivity index (χ3n) is 8.82. The Labute approximate surface area is 342 Å². The fraction of sp³-hybridized carbons (Fsp3) is 0.143. The standard InChI is InChI=1S/C21H16F3N5O.C15H10F3N3O2.C6H8N2/c1-12-6-5-9-17(25-12)27-20(30)18-13(2)28-29-11-10-16(26-19(18)29)14-7-3-4-8-15(14)21(22,23)24;1-8-12(14(22)23)13-19-11(6-7-21(13)20-8)9-4-2-3-5-10(9)15(16,17)18;1-5-3-2-4-6(7)8-5/h3-11H,1-2H3,(H,25,27,30);2-7H,1H3,(H,22,23);2-4H,1H3,(H2,7,8). The minimum atomic E-state index is -4.53. The second-order valence-electron chi connectivity index (χ2n) is 13.3. The molecule has 8 rings (SSSR count). The number of nitrogen functional groups attached to an aromatic ring is 1. The Morgan fingerprint density at radius 1 is 0.590 bits per heavy atom. The Morgan fingerprint density at radius 3 is 1.49 bits per heavy atom. The maximum absolute atomic E-state index is 13.4. The lowest BCUT2D eigenvalue weighted by molar-refractivity contribution is -0.137. The molecule has 0 fully saturated rings. The van der Waals surface area contributed by atoms with Crippen LogP contribution in [0.4, 0.5) is 38.0 Å². The molecule has 19 heteroatoms. The molecular weight excluding hydrogens is 807 g/mol. The van der Waals surface area contributed by atoms with E-state index in [9.17, 15) is 41.0 Å². The van der Waals surface area contributed by atoms with Gasteiger partial charge in [-0.15, -0.1) is 0 Å². The van der Waals surface area contributed by atoms with E-state index < -0.39 is 35.4 Å². The van der Waals surface area contributed by atoms with Gasteiger partial charge in [-0.1, -0.05) is 48.5 Å². The largest absolute Gasteiger partial charge is 0.477 e. The fourth-order valence-electron chi connectivity index (χ4n) is 6.16. The lowest BCUT2D eigenvalue weighted by Crippen LogP contribution is -2.14. The van der Waals surface area contributed by atoms with Gasteiger partial charge in [0.25, 0.3) is 5.91 Å². The van der Waals surface area contributed by atoms with Crippen molar-refractivity contribution in [3.8, 4) is 22.5 Å². The maximum atomic E-state index is 13.4. The number of alkyl halides is 6. The molecule has 61 heavy (non-hydrogen) atoms. The summed E-state index contributed by atoms with van der Waals surface area (Å²) in [5, 5.41) is 20.2. The van der Waals surface area contributed by atoms with Gasteiger partial charge in [0, 0.05) is 34.9 Å². The van der Waals surface area contributed by atoms with Crippen LogP contribution < -0.4 is 11.1 Å². The van der Waals surface area contributed by atoms with Crippen molar-refractivity contribution >= 4 is 34.8 Å². The van der Waals surface area contributed by atoms with E-state index in [0.29, 0.717) is 17.3 Å². The van der Waals surface area contributed by atoms with Crippen molar-refractivity contribution in [2.75, 3.05) is 11.1 Å². The van der Waals surface area contributed by atoms with Gasteiger partial charge in [0.2, 0.25) is 0 Å². The zero-order valence-electron chi connectivity index (χ0n) is 32.6. The van der Waals surface area contributed by atoms with Crippen LogP contribution in [0.5, 0.6) is 0 Å². The summed E-state index contributed by atoms with van der Waals surface area (Å²) in [6, 6.07) is 23.8. The molecule has 0 bridgehead atoms. The van der Waals surface area contributed by atoms with Crippen LogP contribution in [0.2, 0.25) is 0 Å². The van der Waals surface area contributed by atoms with Gasteiger partial charge in [-0.05, 0) is 76.2 Å². The Bertz CT molecular complexity index is 2890. The number of nitrogens with zero attached hydrogens (tertiary/aromatic N) is 8. The second-order valence-corrected chi connectivity index (χ2v) is 13.3. The molecule has 0 atom stereocenters. The number of anilines is 2. The van der Waals surface area contributed by atoms with Crippen molar-refractivity contribution in [2.45, 2.75) is 40.0 Å². The van der Waals surface area contributed by atoms with Crippen molar-refractivity contribution in [1.82, 2.24) is 39.2 Å². The summed E-state index contributed by atoms with van der Waals surface area (Å²) >= 11 is 0. The summed E-state index contributed by atoms with van der Waals surface area (Å²) < 4.78 is 82.2. The molecule has 0 aliphatic rings. The summed E-state index contributed by atoms with van der Waals surface area (Å²) in [6.07, 6.45) is -6.18.